The third kappa shape index (κ3) is 3.90. The first kappa shape index (κ1) is 19.2. The molecule has 1 aliphatic heterocycles. The van der Waals surface area contributed by atoms with Crippen LogP contribution in [0.1, 0.15) is 22.3 Å². The maximum Gasteiger partial charge on any atom is 0.251 e. The van der Waals surface area contributed by atoms with E-state index >= 15 is 0 Å². The van der Waals surface area contributed by atoms with Gasteiger partial charge < -0.3 is 14.8 Å². The van der Waals surface area contributed by atoms with E-state index in [-0.39, 0.29) is 11.5 Å². The van der Waals surface area contributed by atoms with Crippen LogP contribution < -0.4 is 10.5 Å². The summed E-state index contributed by atoms with van der Waals surface area (Å²) in [6.45, 7) is 9.29. The van der Waals surface area contributed by atoms with Crippen LogP contribution >= 0.6 is 0 Å². The predicted molar refractivity (Wildman–Crippen MR) is 118 cm³/mol. The SMILES string of the molecule is Cc1cccc(N2CCN(C(=O)Cc3ccc4[nH]c(=O)c(C)cc4c3)CC2)c1C. The van der Waals surface area contributed by atoms with Gasteiger partial charge >= 0.3 is 0 Å². The van der Waals surface area contributed by atoms with Crippen molar-refractivity contribution >= 4 is 22.5 Å². The number of nitrogens with zero attached hydrogens (tertiary/aromatic N) is 2. The van der Waals surface area contributed by atoms with Crippen molar-refractivity contribution in [3.8, 4) is 0 Å². The van der Waals surface area contributed by atoms with Gasteiger partial charge in [0, 0.05) is 42.9 Å². The largest absolute Gasteiger partial charge is 0.368 e. The van der Waals surface area contributed by atoms with E-state index in [1.165, 1.54) is 16.8 Å². The molecular formula is C24H27N3O2. The first-order valence-electron chi connectivity index (χ1n) is 10.1. The van der Waals surface area contributed by atoms with Gasteiger partial charge in [0.25, 0.3) is 5.56 Å². The Bertz CT molecular complexity index is 1120. The van der Waals surface area contributed by atoms with Gasteiger partial charge in [-0.2, -0.15) is 0 Å². The molecule has 150 valence electrons. The minimum atomic E-state index is -0.0666. The van der Waals surface area contributed by atoms with E-state index in [1.807, 2.05) is 29.2 Å². The Kier molecular flexibility index (Phi) is 5.14. The van der Waals surface area contributed by atoms with Crippen LogP contribution in [0, 0.1) is 20.8 Å². The molecule has 0 saturated carbocycles. The average Bonchev–Trinajstić information content (AvgIpc) is 2.71. The number of aromatic nitrogens is 1. The molecule has 0 radical (unpaired) electrons. The first-order valence-corrected chi connectivity index (χ1v) is 10.1. The zero-order valence-electron chi connectivity index (χ0n) is 17.3. The van der Waals surface area contributed by atoms with Crippen LogP contribution in [0.15, 0.2) is 47.3 Å². The maximum absolute atomic E-state index is 12.8. The zero-order valence-corrected chi connectivity index (χ0v) is 17.3. The molecule has 3 aromatic rings. The number of anilines is 1. The lowest BCUT2D eigenvalue weighted by molar-refractivity contribution is -0.130. The lowest BCUT2D eigenvalue weighted by Crippen LogP contribution is -2.49. The number of piperazine rings is 1. The fourth-order valence-corrected chi connectivity index (χ4v) is 4.04. The van der Waals surface area contributed by atoms with Crippen molar-refractivity contribution in [2.75, 3.05) is 31.1 Å². The summed E-state index contributed by atoms with van der Waals surface area (Å²) in [6, 6.07) is 14.1. The molecular weight excluding hydrogens is 362 g/mol. The Morgan fingerprint density at radius 1 is 0.966 bits per heavy atom. The number of H-pyrrole nitrogens is 1. The number of carbonyl (C=O) groups is 1. The summed E-state index contributed by atoms with van der Waals surface area (Å²) in [5.41, 5.74) is 6.29. The highest BCUT2D eigenvalue weighted by atomic mass is 16.2. The second-order valence-electron chi connectivity index (χ2n) is 7.97. The molecule has 1 aliphatic rings. The second kappa shape index (κ2) is 7.74. The number of fused-ring (bicyclic) bond motifs is 1. The maximum atomic E-state index is 12.8. The van der Waals surface area contributed by atoms with Crippen molar-refractivity contribution in [3.05, 3.63) is 75.1 Å². The minimum absolute atomic E-state index is 0.0666. The van der Waals surface area contributed by atoms with E-state index in [2.05, 4.69) is 41.9 Å². The molecule has 0 unspecified atom stereocenters. The van der Waals surface area contributed by atoms with Crippen molar-refractivity contribution in [2.45, 2.75) is 27.2 Å². The molecule has 0 spiro atoms. The molecule has 1 aromatic heterocycles. The number of rotatable bonds is 3. The molecule has 1 amide bonds. The zero-order chi connectivity index (χ0) is 20.5. The summed E-state index contributed by atoms with van der Waals surface area (Å²) in [5.74, 6) is 0.158. The molecule has 2 heterocycles. The van der Waals surface area contributed by atoms with Gasteiger partial charge in [-0.3, -0.25) is 9.59 Å². The minimum Gasteiger partial charge on any atom is -0.368 e. The normalized spacial score (nSPS) is 14.4. The van der Waals surface area contributed by atoms with E-state index in [9.17, 15) is 9.59 Å². The standard InChI is InChI=1S/C24H27N3O2/c1-16-5-4-6-22(18(16)3)26-9-11-27(12-10-26)23(28)15-19-7-8-21-20(14-19)13-17(2)24(29)25-21/h4-8,13-14H,9-12,15H2,1-3H3,(H,25,29). The van der Waals surface area contributed by atoms with Gasteiger partial charge in [0.1, 0.15) is 0 Å². The van der Waals surface area contributed by atoms with Gasteiger partial charge in [-0.1, -0.05) is 18.2 Å². The number of pyridine rings is 1. The van der Waals surface area contributed by atoms with Gasteiger partial charge in [-0.25, -0.2) is 0 Å². The summed E-state index contributed by atoms with van der Waals surface area (Å²) >= 11 is 0. The van der Waals surface area contributed by atoms with Crippen molar-refractivity contribution in [1.29, 1.82) is 0 Å². The highest BCUT2D eigenvalue weighted by Crippen LogP contribution is 2.24. The number of nitrogens with one attached hydrogen (secondary N) is 1. The number of amides is 1. The number of hydrogen-bond donors (Lipinski definition) is 1. The number of hydrogen-bond acceptors (Lipinski definition) is 3. The predicted octanol–water partition coefficient (Wildman–Crippen LogP) is 3.34. The van der Waals surface area contributed by atoms with Gasteiger partial charge in [0.2, 0.25) is 5.91 Å². The quantitative estimate of drug-likeness (QED) is 0.747. The van der Waals surface area contributed by atoms with E-state index in [0.717, 1.165) is 42.6 Å². The fourth-order valence-electron chi connectivity index (χ4n) is 4.04. The van der Waals surface area contributed by atoms with E-state index < -0.39 is 0 Å². The molecule has 5 heteroatoms. The number of aromatic amines is 1. The monoisotopic (exact) mass is 389 g/mol. The van der Waals surface area contributed by atoms with Crippen LogP contribution in [0.3, 0.4) is 0 Å². The van der Waals surface area contributed by atoms with E-state index in [4.69, 9.17) is 0 Å². The first-order chi connectivity index (χ1) is 13.9. The highest BCUT2D eigenvalue weighted by molar-refractivity contribution is 5.83. The van der Waals surface area contributed by atoms with Crippen LogP contribution in [0.5, 0.6) is 0 Å². The average molecular weight is 389 g/mol. The second-order valence-corrected chi connectivity index (χ2v) is 7.97. The third-order valence-corrected chi connectivity index (χ3v) is 6.00. The van der Waals surface area contributed by atoms with Gasteiger partial charge in [0.15, 0.2) is 0 Å². The molecule has 5 nitrogen and oxygen atoms in total. The van der Waals surface area contributed by atoms with Crippen LogP contribution in [-0.4, -0.2) is 42.0 Å². The highest BCUT2D eigenvalue weighted by Gasteiger charge is 2.22. The lowest BCUT2D eigenvalue weighted by atomic mass is 10.1. The van der Waals surface area contributed by atoms with Crippen LogP contribution in [0.2, 0.25) is 0 Å². The Labute approximate surface area is 171 Å². The van der Waals surface area contributed by atoms with Crippen molar-refractivity contribution in [1.82, 2.24) is 9.88 Å². The summed E-state index contributed by atoms with van der Waals surface area (Å²) in [7, 11) is 0. The number of aryl methyl sites for hydroxylation is 2. The molecule has 29 heavy (non-hydrogen) atoms. The Balaban J connectivity index is 1.42. The Morgan fingerprint density at radius 2 is 1.72 bits per heavy atom. The molecule has 1 fully saturated rings. The molecule has 0 bridgehead atoms. The number of carbonyl (C=O) groups excluding carboxylic acids is 1. The number of benzene rings is 2. The van der Waals surface area contributed by atoms with Crippen LogP contribution in [-0.2, 0) is 11.2 Å². The van der Waals surface area contributed by atoms with Crippen molar-refractivity contribution < 1.29 is 4.79 Å². The summed E-state index contributed by atoms with van der Waals surface area (Å²) in [6.07, 6.45) is 0.386. The fraction of sp³-hybridized carbons (Fsp3) is 0.333. The Morgan fingerprint density at radius 3 is 2.48 bits per heavy atom. The summed E-state index contributed by atoms with van der Waals surface area (Å²) in [4.78, 5) is 31.8. The summed E-state index contributed by atoms with van der Waals surface area (Å²) in [5, 5.41) is 0.965. The van der Waals surface area contributed by atoms with E-state index in [0.29, 0.717) is 12.0 Å². The molecule has 2 aromatic carbocycles. The van der Waals surface area contributed by atoms with Gasteiger partial charge in [-0.15, -0.1) is 0 Å². The third-order valence-electron chi connectivity index (χ3n) is 6.00. The van der Waals surface area contributed by atoms with E-state index in [1.54, 1.807) is 6.92 Å². The van der Waals surface area contributed by atoms with Gasteiger partial charge in [0.05, 0.1) is 6.42 Å². The topological polar surface area (TPSA) is 56.4 Å². The van der Waals surface area contributed by atoms with Crippen LogP contribution in [0.4, 0.5) is 5.69 Å². The molecule has 1 N–H and O–H groups in total. The van der Waals surface area contributed by atoms with Crippen LogP contribution in [0.25, 0.3) is 10.9 Å². The van der Waals surface area contributed by atoms with Crippen molar-refractivity contribution in [3.63, 3.8) is 0 Å². The Hall–Kier alpha value is -3.08. The molecule has 1 saturated heterocycles. The smallest absolute Gasteiger partial charge is 0.251 e. The van der Waals surface area contributed by atoms with Crippen molar-refractivity contribution in [2.24, 2.45) is 0 Å². The summed E-state index contributed by atoms with van der Waals surface area (Å²) < 4.78 is 0. The molecule has 0 aliphatic carbocycles. The molecule has 4 rings (SSSR count). The molecule has 0 atom stereocenters. The van der Waals surface area contributed by atoms with Gasteiger partial charge in [-0.05, 0) is 67.1 Å². The lowest BCUT2D eigenvalue weighted by Gasteiger charge is -2.37.